The van der Waals surface area contributed by atoms with E-state index in [4.69, 9.17) is 9.84 Å². The number of carbonyl (C=O) groups is 2. The van der Waals surface area contributed by atoms with Crippen molar-refractivity contribution in [3.63, 3.8) is 0 Å². The standard InChI is InChI=1S/C20H22FNO4S/c1-26-18-9-3-13(11-16(18)21)4-10-19(23)22-17(12-20(24)25)14-5-7-15(27-2)8-6-14/h3,5-9,11,17H,4,10,12H2,1-2H3,(H,22,23)(H,24,25). The van der Waals surface area contributed by atoms with Gasteiger partial charge in [0, 0.05) is 11.3 Å². The molecule has 0 aliphatic rings. The number of rotatable bonds is 9. The fourth-order valence-corrected chi connectivity index (χ4v) is 3.06. The van der Waals surface area contributed by atoms with E-state index in [0.29, 0.717) is 12.0 Å². The molecule has 2 N–H and O–H groups in total. The highest BCUT2D eigenvalue weighted by molar-refractivity contribution is 7.98. The first kappa shape index (κ1) is 20.8. The summed E-state index contributed by atoms with van der Waals surface area (Å²) in [6, 6.07) is 11.4. The van der Waals surface area contributed by atoms with Crippen LogP contribution in [0, 0.1) is 5.82 Å². The maximum atomic E-state index is 13.7. The smallest absolute Gasteiger partial charge is 0.305 e. The maximum absolute atomic E-state index is 13.7. The fraction of sp³-hybridized carbons (Fsp3) is 0.300. The molecular formula is C20H22FNO4S. The normalized spacial score (nSPS) is 11.7. The number of aryl methyl sites for hydroxylation is 1. The molecule has 0 radical (unpaired) electrons. The third-order valence-corrected chi connectivity index (χ3v) is 4.83. The van der Waals surface area contributed by atoms with E-state index in [0.717, 1.165) is 10.5 Å². The monoisotopic (exact) mass is 391 g/mol. The van der Waals surface area contributed by atoms with Gasteiger partial charge in [0.25, 0.3) is 0 Å². The Hall–Kier alpha value is -2.54. The molecular weight excluding hydrogens is 369 g/mol. The number of ether oxygens (including phenoxy) is 1. The van der Waals surface area contributed by atoms with Crippen LogP contribution in [0.3, 0.4) is 0 Å². The Bertz CT molecular complexity index is 795. The molecule has 0 bridgehead atoms. The van der Waals surface area contributed by atoms with E-state index in [1.807, 2.05) is 30.5 Å². The first-order chi connectivity index (χ1) is 12.9. The zero-order chi connectivity index (χ0) is 19.8. The molecule has 7 heteroatoms. The maximum Gasteiger partial charge on any atom is 0.305 e. The topological polar surface area (TPSA) is 75.6 Å². The van der Waals surface area contributed by atoms with E-state index in [9.17, 15) is 14.0 Å². The lowest BCUT2D eigenvalue weighted by atomic mass is 10.0. The Morgan fingerprint density at radius 2 is 1.93 bits per heavy atom. The molecule has 0 saturated carbocycles. The number of methoxy groups -OCH3 is 1. The highest BCUT2D eigenvalue weighted by Gasteiger charge is 2.18. The summed E-state index contributed by atoms with van der Waals surface area (Å²) in [5.74, 6) is -1.61. The first-order valence-corrected chi connectivity index (χ1v) is 9.63. The van der Waals surface area contributed by atoms with Gasteiger partial charge in [0.05, 0.1) is 19.6 Å². The largest absolute Gasteiger partial charge is 0.494 e. The summed E-state index contributed by atoms with van der Waals surface area (Å²) in [6.45, 7) is 0. The summed E-state index contributed by atoms with van der Waals surface area (Å²) < 4.78 is 18.6. The van der Waals surface area contributed by atoms with E-state index in [1.165, 1.54) is 19.2 Å². The van der Waals surface area contributed by atoms with E-state index >= 15 is 0 Å². The van der Waals surface area contributed by atoms with Gasteiger partial charge in [-0.3, -0.25) is 9.59 Å². The average Bonchev–Trinajstić information content (AvgIpc) is 2.65. The van der Waals surface area contributed by atoms with Crippen molar-refractivity contribution in [1.82, 2.24) is 5.32 Å². The van der Waals surface area contributed by atoms with Crippen LogP contribution in [0.25, 0.3) is 0 Å². The van der Waals surface area contributed by atoms with Crippen molar-refractivity contribution in [2.75, 3.05) is 13.4 Å². The molecule has 0 spiro atoms. The van der Waals surface area contributed by atoms with Crippen LogP contribution in [-0.2, 0) is 16.0 Å². The van der Waals surface area contributed by atoms with Crippen molar-refractivity contribution < 1.29 is 23.8 Å². The van der Waals surface area contributed by atoms with Gasteiger partial charge in [-0.2, -0.15) is 0 Å². The molecule has 0 aromatic heterocycles. The highest BCUT2D eigenvalue weighted by Crippen LogP contribution is 2.22. The lowest BCUT2D eigenvalue weighted by molar-refractivity contribution is -0.137. The molecule has 0 fully saturated rings. The minimum atomic E-state index is -0.994. The summed E-state index contributed by atoms with van der Waals surface area (Å²) in [5, 5.41) is 11.9. The number of carboxylic acid groups (broad SMARTS) is 1. The molecule has 0 aliphatic heterocycles. The van der Waals surface area contributed by atoms with Crippen molar-refractivity contribution in [2.24, 2.45) is 0 Å². The molecule has 2 rings (SSSR count). The van der Waals surface area contributed by atoms with E-state index in [1.54, 1.807) is 17.8 Å². The SMILES string of the molecule is COc1ccc(CCC(=O)NC(CC(=O)O)c2ccc(SC)cc2)cc1F. The number of hydrogen-bond acceptors (Lipinski definition) is 4. The lowest BCUT2D eigenvalue weighted by Crippen LogP contribution is -2.30. The van der Waals surface area contributed by atoms with Gasteiger partial charge in [0.15, 0.2) is 11.6 Å². The third kappa shape index (κ3) is 6.29. The van der Waals surface area contributed by atoms with Crippen LogP contribution in [0.15, 0.2) is 47.4 Å². The number of amides is 1. The number of aliphatic carboxylic acids is 1. The van der Waals surface area contributed by atoms with Crippen molar-refractivity contribution in [1.29, 1.82) is 0 Å². The summed E-state index contributed by atoms with van der Waals surface area (Å²) in [5.41, 5.74) is 1.40. The summed E-state index contributed by atoms with van der Waals surface area (Å²) in [6.07, 6.45) is 2.22. The highest BCUT2D eigenvalue weighted by atomic mass is 32.2. The van der Waals surface area contributed by atoms with Gasteiger partial charge in [-0.05, 0) is 48.1 Å². The summed E-state index contributed by atoms with van der Waals surface area (Å²) >= 11 is 1.58. The van der Waals surface area contributed by atoms with Gasteiger partial charge in [0.2, 0.25) is 5.91 Å². The second-order valence-corrected chi connectivity index (χ2v) is 6.84. The van der Waals surface area contributed by atoms with Gasteiger partial charge < -0.3 is 15.2 Å². The molecule has 1 atom stereocenters. The molecule has 144 valence electrons. The lowest BCUT2D eigenvalue weighted by Gasteiger charge is -2.18. The average molecular weight is 391 g/mol. The number of halogens is 1. The third-order valence-electron chi connectivity index (χ3n) is 4.09. The molecule has 27 heavy (non-hydrogen) atoms. The van der Waals surface area contributed by atoms with Gasteiger partial charge in [-0.1, -0.05) is 18.2 Å². The van der Waals surface area contributed by atoms with Crippen LogP contribution in [0.4, 0.5) is 4.39 Å². The van der Waals surface area contributed by atoms with Gasteiger partial charge in [-0.15, -0.1) is 11.8 Å². The summed E-state index contributed by atoms with van der Waals surface area (Å²) in [7, 11) is 1.39. The second-order valence-electron chi connectivity index (χ2n) is 5.96. The van der Waals surface area contributed by atoms with Crippen LogP contribution >= 0.6 is 11.8 Å². The summed E-state index contributed by atoms with van der Waals surface area (Å²) in [4.78, 5) is 24.5. The van der Waals surface area contributed by atoms with Crippen LogP contribution in [0.1, 0.15) is 30.0 Å². The number of thioether (sulfide) groups is 1. The van der Waals surface area contributed by atoms with E-state index < -0.39 is 17.8 Å². The minimum Gasteiger partial charge on any atom is -0.494 e. The minimum absolute atomic E-state index is 0.130. The van der Waals surface area contributed by atoms with Crippen LogP contribution in [0.5, 0.6) is 5.75 Å². The molecule has 1 unspecified atom stereocenters. The van der Waals surface area contributed by atoms with Crippen molar-refractivity contribution in [3.8, 4) is 5.75 Å². The molecule has 0 saturated heterocycles. The number of nitrogens with one attached hydrogen (secondary N) is 1. The van der Waals surface area contributed by atoms with Gasteiger partial charge in [-0.25, -0.2) is 4.39 Å². The second kappa shape index (κ2) is 9.97. The van der Waals surface area contributed by atoms with Crippen molar-refractivity contribution in [2.45, 2.75) is 30.2 Å². The van der Waals surface area contributed by atoms with Crippen LogP contribution < -0.4 is 10.1 Å². The zero-order valence-corrected chi connectivity index (χ0v) is 16.0. The molecule has 2 aromatic carbocycles. The van der Waals surface area contributed by atoms with E-state index in [2.05, 4.69) is 5.32 Å². The predicted molar refractivity (Wildman–Crippen MR) is 103 cm³/mol. The fourth-order valence-electron chi connectivity index (χ4n) is 2.65. The van der Waals surface area contributed by atoms with Crippen molar-refractivity contribution in [3.05, 3.63) is 59.4 Å². The van der Waals surface area contributed by atoms with Gasteiger partial charge in [0.1, 0.15) is 0 Å². The van der Waals surface area contributed by atoms with Crippen LogP contribution in [-0.4, -0.2) is 30.3 Å². The quantitative estimate of drug-likeness (QED) is 0.636. The Morgan fingerprint density at radius 1 is 1.22 bits per heavy atom. The molecule has 0 aliphatic carbocycles. The Balaban J connectivity index is 2.00. The molecule has 5 nitrogen and oxygen atoms in total. The predicted octanol–water partition coefficient (Wildman–Crippen LogP) is 3.82. The number of carbonyl (C=O) groups excluding carboxylic acids is 1. The molecule has 2 aromatic rings. The number of benzene rings is 2. The van der Waals surface area contributed by atoms with E-state index in [-0.39, 0.29) is 24.5 Å². The number of hydrogen-bond donors (Lipinski definition) is 2. The van der Waals surface area contributed by atoms with Gasteiger partial charge >= 0.3 is 5.97 Å². The zero-order valence-electron chi connectivity index (χ0n) is 15.2. The molecule has 0 heterocycles. The number of carboxylic acids is 1. The first-order valence-electron chi connectivity index (χ1n) is 8.40. The Kier molecular flexibility index (Phi) is 7.67. The van der Waals surface area contributed by atoms with Crippen molar-refractivity contribution >= 4 is 23.6 Å². The van der Waals surface area contributed by atoms with Crippen LogP contribution in [0.2, 0.25) is 0 Å². The molecule has 1 amide bonds. The Labute approximate surface area is 161 Å². The Morgan fingerprint density at radius 3 is 2.48 bits per heavy atom.